The highest BCUT2D eigenvalue weighted by Gasteiger charge is 2.39. The molecule has 1 aliphatic carbocycles. The maximum absolute atomic E-state index is 2.46. The van der Waals surface area contributed by atoms with Crippen LogP contribution in [0.15, 0.2) is 249 Å². The molecule has 0 saturated heterocycles. The summed E-state index contributed by atoms with van der Waals surface area (Å²) in [7, 11) is 0. The molecule has 0 spiro atoms. The smallest absolute Gasteiger partial charge is 0.0549 e. The van der Waals surface area contributed by atoms with Crippen molar-refractivity contribution in [3.8, 4) is 22.3 Å². The molecule has 306 valence electrons. The summed E-state index contributed by atoms with van der Waals surface area (Å²) in [5.74, 6) is 0. The first-order chi connectivity index (χ1) is 31.5. The number of nitrogens with zero attached hydrogens (tertiary/aromatic N) is 3. The lowest BCUT2D eigenvalue weighted by Crippen LogP contribution is -2.17. The van der Waals surface area contributed by atoms with Crippen molar-refractivity contribution in [2.24, 2.45) is 0 Å². The maximum Gasteiger partial charge on any atom is 0.0549 e. The van der Waals surface area contributed by atoms with Gasteiger partial charge in [0.25, 0.3) is 0 Å². The summed E-state index contributed by atoms with van der Waals surface area (Å²) in [6.07, 6.45) is 0. The highest BCUT2D eigenvalue weighted by Crippen LogP contribution is 2.57. The van der Waals surface area contributed by atoms with Crippen LogP contribution >= 0.6 is 0 Å². The molecule has 0 heterocycles. The third-order valence-electron chi connectivity index (χ3n) is 12.7. The minimum absolute atomic E-state index is 0.183. The highest BCUT2D eigenvalue weighted by molar-refractivity contribution is 6.06. The molecule has 10 aromatic carbocycles. The molecule has 0 amide bonds. The molecule has 3 heteroatoms. The van der Waals surface area contributed by atoms with Gasteiger partial charge in [-0.05, 0) is 130 Å². The van der Waals surface area contributed by atoms with Gasteiger partial charge in [-0.3, -0.25) is 0 Å². The van der Waals surface area contributed by atoms with Crippen molar-refractivity contribution in [3.63, 3.8) is 0 Å². The van der Waals surface area contributed by atoms with Gasteiger partial charge < -0.3 is 14.7 Å². The standard InChI is InChI=1S/C61H47N3/c1-61(2)57-39-18-17-38-56(57)59-58(41-46-24-15-16-37-55(46)60(59)61)64(49-30-13-6-14-31-49)54-36-21-35-53(43-54)63(48-28-11-5-12-29-48)52-34-20-33-51(42-52)62(47-26-9-4-10-27-47)50-32-19-25-45(40-50)44-22-7-3-8-23-44/h3-43H,1-2H3. The average molecular weight is 822 g/mol. The quantitative estimate of drug-likeness (QED) is 0.136. The highest BCUT2D eigenvalue weighted by atomic mass is 15.2. The van der Waals surface area contributed by atoms with E-state index in [9.17, 15) is 0 Å². The molecule has 0 aliphatic heterocycles. The predicted molar refractivity (Wildman–Crippen MR) is 271 cm³/mol. The zero-order chi connectivity index (χ0) is 43.0. The van der Waals surface area contributed by atoms with Crippen molar-refractivity contribution in [1.29, 1.82) is 0 Å². The number of benzene rings is 10. The van der Waals surface area contributed by atoms with Gasteiger partial charge in [0.2, 0.25) is 0 Å². The fraction of sp³-hybridized carbons (Fsp3) is 0.0492. The molecule has 0 fully saturated rings. The zero-order valence-corrected chi connectivity index (χ0v) is 36.0. The van der Waals surface area contributed by atoms with Crippen molar-refractivity contribution in [2.75, 3.05) is 14.7 Å². The molecule has 3 nitrogen and oxygen atoms in total. The molecular weight excluding hydrogens is 775 g/mol. The van der Waals surface area contributed by atoms with Crippen LogP contribution in [0.3, 0.4) is 0 Å². The van der Waals surface area contributed by atoms with E-state index < -0.39 is 0 Å². The minimum Gasteiger partial charge on any atom is -0.310 e. The number of anilines is 9. The summed E-state index contributed by atoms with van der Waals surface area (Å²) in [5, 5.41) is 2.53. The Morgan fingerprint density at radius 2 is 0.719 bits per heavy atom. The molecular formula is C61H47N3. The van der Waals surface area contributed by atoms with Gasteiger partial charge in [-0.25, -0.2) is 0 Å². The van der Waals surface area contributed by atoms with E-state index >= 15 is 0 Å². The molecule has 0 bridgehead atoms. The van der Waals surface area contributed by atoms with Crippen molar-refractivity contribution in [3.05, 3.63) is 260 Å². The van der Waals surface area contributed by atoms with E-state index in [2.05, 4.69) is 277 Å². The first-order valence-electron chi connectivity index (χ1n) is 22.1. The summed E-state index contributed by atoms with van der Waals surface area (Å²) in [6, 6.07) is 89.9. The van der Waals surface area contributed by atoms with E-state index in [1.165, 1.54) is 49.8 Å². The van der Waals surface area contributed by atoms with Crippen molar-refractivity contribution >= 4 is 62.0 Å². The van der Waals surface area contributed by atoms with Gasteiger partial charge >= 0.3 is 0 Å². The Morgan fingerprint density at radius 1 is 0.312 bits per heavy atom. The van der Waals surface area contributed by atoms with Gasteiger partial charge in [0, 0.05) is 56.5 Å². The van der Waals surface area contributed by atoms with E-state index in [1.807, 2.05) is 0 Å². The summed E-state index contributed by atoms with van der Waals surface area (Å²) in [5.41, 5.74) is 17.2. The van der Waals surface area contributed by atoms with Crippen LogP contribution in [0.1, 0.15) is 25.0 Å². The average Bonchev–Trinajstić information content (AvgIpc) is 3.60. The van der Waals surface area contributed by atoms with Gasteiger partial charge in [-0.15, -0.1) is 0 Å². The Hall–Kier alpha value is -8.14. The second-order valence-corrected chi connectivity index (χ2v) is 17.0. The van der Waals surface area contributed by atoms with E-state index in [0.29, 0.717) is 0 Å². The van der Waals surface area contributed by atoms with Crippen LogP contribution in [0, 0.1) is 0 Å². The van der Waals surface area contributed by atoms with E-state index in [-0.39, 0.29) is 5.41 Å². The summed E-state index contributed by atoms with van der Waals surface area (Å²) in [6.45, 7) is 4.76. The van der Waals surface area contributed by atoms with Gasteiger partial charge in [0.1, 0.15) is 0 Å². The minimum atomic E-state index is -0.183. The topological polar surface area (TPSA) is 9.72 Å². The molecule has 0 saturated carbocycles. The van der Waals surface area contributed by atoms with Crippen LogP contribution in [0.4, 0.5) is 51.2 Å². The van der Waals surface area contributed by atoms with E-state index in [0.717, 1.165) is 45.5 Å². The lowest BCUT2D eigenvalue weighted by Gasteiger charge is -2.32. The van der Waals surface area contributed by atoms with Crippen LogP contribution in [-0.2, 0) is 5.41 Å². The number of fused-ring (bicyclic) bond motifs is 5. The SMILES string of the molecule is CC1(C)c2ccccc2-c2c(N(c3ccccc3)c3cccc(N(c4ccccc4)c4cccc(N(c5ccccc5)c5cccc(-c6ccccc6)c5)c4)c3)cc3ccccc3c21. The predicted octanol–water partition coefficient (Wildman–Crippen LogP) is 17.2. The molecule has 0 N–H and O–H groups in total. The molecule has 1 aliphatic rings. The van der Waals surface area contributed by atoms with Crippen molar-refractivity contribution in [2.45, 2.75) is 19.3 Å². The van der Waals surface area contributed by atoms with E-state index in [1.54, 1.807) is 0 Å². The third-order valence-corrected chi connectivity index (χ3v) is 12.7. The fourth-order valence-corrected chi connectivity index (χ4v) is 9.86. The van der Waals surface area contributed by atoms with Crippen LogP contribution in [0.2, 0.25) is 0 Å². The van der Waals surface area contributed by atoms with Crippen molar-refractivity contribution in [1.82, 2.24) is 0 Å². The van der Waals surface area contributed by atoms with Gasteiger partial charge in [0.05, 0.1) is 5.69 Å². The second kappa shape index (κ2) is 16.3. The van der Waals surface area contributed by atoms with Gasteiger partial charge in [-0.1, -0.05) is 172 Å². The third kappa shape index (κ3) is 6.88. The van der Waals surface area contributed by atoms with E-state index in [4.69, 9.17) is 0 Å². The second-order valence-electron chi connectivity index (χ2n) is 17.0. The van der Waals surface area contributed by atoms with Crippen LogP contribution < -0.4 is 14.7 Å². The Kier molecular flexibility index (Phi) is 9.86. The molecule has 0 unspecified atom stereocenters. The summed E-state index contributed by atoms with van der Waals surface area (Å²) < 4.78 is 0. The summed E-state index contributed by atoms with van der Waals surface area (Å²) >= 11 is 0. The lowest BCUT2D eigenvalue weighted by atomic mass is 9.80. The Balaban J connectivity index is 1.09. The fourth-order valence-electron chi connectivity index (χ4n) is 9.86. The van der Waals surface area contributed by atoms with Gasteiger partial charge in [-0.2, -0.15) is 0 Å². The molecule has 0 radical (unpaired) electrons. The lowest BCUT2D eigenvalue weighted by molar-refractivity contribution is 0.666. The molecule has 0 aromatic heterocycles. The molecule has 11 rings (SSSR count). The zero-order valence-electron chi connectivity index (χ0n) is 36.0. The Bertz CT molecular complexity index is 3250. The Morgan fingerprint density at radius 3 is 1.30 bits per heavy atom. The first-order valence-corrected chi connectivity index (χ1v) is 22.1. The number of para-hydroxylation sites is 3. The maximum atomic E-state index is 2.46. The largest absolute Gasteiger partial charge is 0.310 e. The Labute approximate surface area is 376 Å². The normalized spacial score (nSPS) is 12.3. The number of hydrogen-bond donors (Lipinski definition) is 0. The molecule has 0 atom stereocenters. The van der Waals surface area contributed by atoms with Crippen LogP contribution in [0.5, 0.6) is 0 Å². The molecule has 64 heavy (non-hydrogen) atoms. The van der Waals surface area contributed by atoms with Crippen LogP contribution in [-0.4, -0.2) is 0 Å². The first kappa shape index (κ1) is 38.8. The van der Waals surface area contributed by atoms with Crippen LogP contribution in [0.25, 0.3) is 33.0 Å². The summed E-state index contributed by atoms with van der Waals surface area (Å²) in [4.78, 5) is 7.19. The van der Waals surface area contributed by atoms with Gasteiger partial charge in [0.15, 0.2) is 0 Å². The van der Waals surface area contributed by atoms with Crippen molar-refractivity contribution < 1.29 is 0 Å². The molecule has 10 aromatic rings. The monoisotopic (exact) mass is 821 g/mol. The number of hydrogen-bond acceptors (Lipinski definition) is 3. The number of rotatable bonds is 10.